The fourth-order valence-electron chi connectivity index (χ4n) is 1.84. The van der Waals surface area contributed by atoms with Gasteiger partial charge in [-0.15, -0.1) is 0 Å². The molecule has 2 rings (SSSR count). The number of nitrogens with two attached hydrogens (primary N) is 1. The van der Waals surface area contributed by atoms with E-state index < -0.39 is 0 Å². The van der Waals surface area contributed by atoms with Gasteiger partial charge in [-0.1, -0.05) is 12.1 Å². The zero-order valence-corrected chi connectivity index (χ0v) is 10.1. The average Bonchev–Trinajstić information content (AvgIpc) is 3.08. The van der Waals surface area contributed by atoms with E-state index in [1.165, 1.54) is 0 Å². The summed E-state index contributed by atoms with van der Waals surface area (Å²) in [4.78, 5) is 0. The Balaban J connectivity index is 1.95. The van der Waals surface area contributed by atoms with Gasteiger partial charge in [-0.3, -0.25) is 0 Å². The van der Waals surface area contributed by atoms with E-state index in [0.29, 0.717) is 13.0 Å². The third kappa shape index (κ3) is 2.98. The van der Waals surface area contributed by atoms with E-state index in [0.717, 1.165) is 24.2 Å². The Morgan fingerprint density at radius 2 is 2.29 bits per heavy atom. The molecule has 0 unspecified atom stereocenters. The van der Waals surface area contributed by atoms with E-state index in [1.807, 2.05) is 31.2 Å². The van der Waals surface area contributed by atoms with Crippen LogP contribution in [0.5, 0.6) is 5.75 Å². The fraction of sp³-hybridized carbons (Fsp3) is 0.500. The van der Waals surface area contributed by atoms with Crippen molar-refractivity contribution in [2.45, 2.75) is 32.2 Å². The minimum atomic E-state index is 0.0209. The summed E-state index contributed by atoms with van der Waals surface area (Å²) in [5, 5.41) is 8.73. The first kappa shape index (κ1) is 11.9. The summed E-state index contributed by atoms with van der Waals surface area (Å²) in [6, 6.07) is 10.1. The van der Waals surface area contributed by atoms with Crippen LogP contribution in [0.4, 0.5) is 0 Å². The van der Waals surface area contributed by atoms with Crippen molar-refractivity contribution in [1.82, 2.24) is 0 Å². The van der Waals surface area contributed by atoms with Crippen molar-refractivity contribution in [3.05, 3.63) is 29.8 Å². The second-order valence-corrected chi connectivity index (χ2v) is 4.98. The van der Waals surface area contributed by atoms with Gasteiger partial charge in [0.25, 0.3) is 0 Å². The van der Waals surface area contributed by atoms with Gasteiger partial charge >= 0.3 is 0 Å². The highest BCUT2D eigenvalue weighted by molar-refractivity contribution is 5.30. The average molecular weight is 230 g/mol. The lowest BCUT2D eigenvalue weighted by Gasteiger charge is -2.14. The van der Waals surface area contributed by atoms with E-state index in [9.17, 15) is 0 Å². The minimum Gasteiger partial charge on any atom is -0.493 e. The van der Waals surface area contributed by atoms with E-state index in [4.69, 9.17) is 15.7 Å². The van der Waals surface area contributed by atoms with Crippen molar-refractivity contribution in [2.75, 3.05) is 6.61 Å². The van der Waals surface area contributed by atoms with Gasteiger partial charge in [-0.2, -0.15) is 5.26 Å². The Labute approximate surface area is 102 Å². The molecule has 1 saturated carbocycles. The zero-order valence-electron chi connectivity index (χ0n) is 10.1. The zero-order chi connectivity index (χ0) is 12.3. The van der Waals surface area contributed by atoms with Crippen LogP contribution in [0.3, 0.4) is 0 Å². The molecule has 1 aliphatic carbocycles. The molecule has 1 aliphatic rings. The van der Waals surface area contributed by atoms with Crippen molar-refractivity contribution in [3.8, 4) is 11.8 Å². The standard InChI is InChI=1S/C14H18N2O/c1-11(16)12-3-2-4-13(9-12)17-10-14(5-6-14)7-8-15/h2-4,9,11H,5-7,10,16H2,1H3/t11-/m0/s1. The summed E-state index contributed by atoms with van der Waals surface area (Å²) in [5.74, 6) is 0.851. The molecule has 0 spiro atoms. The van der Waals surface area contributed by atoms with Gasteiger partial charge in [-0.25, -0.2) is 0 Å². The predicted octanol–water partition coefficient (Wildman–Crippen LogP) is 2.78. The number of hydrogen-bond donors (Lipinski definition) is 1. The molecule has 0 bridgehead atoms. The molecule has 0 radical (unpaired) electrons. The normalized spacial score (nSPS) is 18.2. The molecule has 0 aliphatic heterocycles. The number of nitriles is 1. The Morgan fingerprint density at radius 1 is 1.53 bits per heavy atom. The Bertz CT molecular complexity index is 430. The van der Waals surface area contributed by atoms with Gasteiger partial charge < -0.3 is 10.5 Å². The molecule has 0 aromatic heterocycles. The third-order valence-electron chi connectivity index (χ3n) is 3.34. The van der Waals surface area contributed by atoms with Crippen LogP contribution in [0, 0.1) is 16.7 Å². The van der Waals surface area contributed by atoms with E-state index in [2.05, 4.69) is 6.07 Å². The second kappa shape index (κ2) is 4.77. The van der Waals surface area contributed by atoms with Crippen LogP contribution < -0.4 is 10.5 Å². The largest absolute Gasteiger partial charge is 0.493 e. The van der Waals surface area contributed by atoms with Crippen molar-refractivity contribution in [3.63, 3.8) is 0 Å². The smallest absolute Gasteiger partial charge is 0.119 e. The summed E-state index contributed by atoms with van der Waals surface area (Å²) >= 11 is 0. The highest BCUT2D eigenvalue weighted by atomic mass is 16.5. The first-order valence-corrected chi connectivity index (χ1v) is 6.00. The van der Waals surface area contributed by atoms with Crippen LogP contribution in [-0.2, 0) is 0 Å². The molecule has 1 fully saturated rings. The maximum absolute atomic E-state index is 8.73. The topological polar surface area (TPSA) is 59.0 Å². The monoisotopic (exact) mass is 230 g/mol. The Morgan fingerprint density at radius 3 is 2.88 bits per heavy atom. The van der Waals surface area contributed by atoms with Gasteiger partial charge in [0.2, 0.25) is 0 Å². The van der Waals surface area contributed by atoms with Gasteiger partial charge in [0.05, 0.1) is 12.7 Å². The predicted molar refractivity (Wildman–Crippen MR) is 66.4 cm³/mol. The fourth-order valence-corrected chi connectivity index (χ4v) is 1.84. The first-order valence-electron chi connectivity index (χ1n) is 6.00. The number of ether oxygens (including phenoxy) is 1. The Kier molecular flexibility index (Phi) is 3.35. The molecule has 1 atom stereocenters. The first-order chi connectivity index (χ1) is 8.15. The molecule has 90 valence electrons. The maximum atomic E-state index is 8.73. The number of nitrogens with zero attached hydrogens (tertiary/aromatic N) is 1. The van der Waals surface area contributed by atoms with Gasteiger partial charge in [0.1, 0.15) is 5.75 Å². The molecule has 3 nitrogen and oxygen atoms in total. The highest BCUT2D eigenvalue weighted by Crippen LogP contribution is 2.48. The lowest BCUT2D eigenvalue weighted by atomic mass is 10.1. The van der Waals surface area contributed by atoms with Crippen LogP contribution in [0.15, 0.2) is 24.3 Å². The quantitative estimate of drug-likeness (QED) is 0.846. The molecule has 17 heavy (non-hydrogen) atoms. The van der Waals surface area contributed by atoms with Crippen molar-refractivity contribution < 1.29 is 4.74 Å². The van der Waals surface area contributed by atoms with Gasteiger partial charge in [-0.05, 0) is 37.5 Å². The molecule has 0 amide bonds. The van der Waals surface area contributed by atoms with Crippen LogP contribution in [0.25, 0.3) is 0 Å². The van der Waals surface area contributed by atoms with Crippen molar-refractivity contribution in [1.29, 1.82) is 5.26 Å². The van der Waals surface area contributed by atoms with E-state index >= 15 is 0 Å². The van der Waals surface area contributed by atoms with E-state index in [1.54, 1.807) is 0 Å². The number of hydrogen-bond acceptors (Lipinski definition) is 3. The molecule has 0 saturated heterocycles. The molecule has 2 N–H and O–H groups in total. The second-order valence-electron chi connectivity index (χ2n) is 4.98. The lowest BCUT2D eigenvalue weighted by molar-refractivity contribution is 0.236. The summed E-state index contributed by atoms with van der Waals surface area (Å²) in [5.41, 5.74) is 7.03. The highest BCUT2D eigenvalue weighted by Gasteiger charge is 2.43. The van der Waals surface area contributed by atoms with Crippen LogP contribution in [0.1, 0.15) is 37.8 Å². The molecule has 3 heteroatoms. The third-order valence-corrected chi connectivity index (χ3v) is 3.34. The molecule has 1 aromatic carbocycles. The van der Waals surface area contributed by atoms with Gasteiger partial charge in [0, 0.05) is 17.9 Å². The van der Waals surface area contributed by atoms with Crippen LogP contribution in [-0.4, -0.2) is 6.61 Å². The maximum Gasteiger partial charge on any atom is 0.119 e. The molecular weight excluding hydrogens is 212 g/mol. The Hall–Kier alpha value is -1.53. The molecule has 1 aromatic rings. The summed E-state index contributed by atoms with van der Waals surface area (Å²) in [6.07, 6.45) is 2.81. The van der Waals surface area contributed by atoms with Crippen LogP contribution >= 0.6 is 0 Å². The van der Waals surface area contributed by atoms with Gasteiger partial charge in [0.15, 0.2) is 0 Å². The SMILES string of the molecule is C[C@H](N)c1cccc(OCC2(CC#N)CC2)c1. The molecular formula is C14H18N2O. The summed E-state index contributed by atoms with van der Waals surface area (Å²) in [6.45, 7) is 2.60. The van der Waals surface area contributed by atoms with Crippen molar-refractivity contribution >= 4 is 0 Å². The lowest BCUT2D eigenvalue weighted by Crippen LogP contribution is -2.12. The molecule has 0 heterocycles. The van der Waals surface area contributed by atoms with Crippen molar-refractivity contribution in [2.24, 2.45) is 11.1 Å². The minimum absolute atomic E-state index is 0.0209. The van der Waals surface area contributed by atoms with E-state index in [-0.39, 0.29) is 11.5 Å². The summed E-state index contributed by atoms with van der Waals surface area (Å²) < 4.78 is 5.77. The number of benzene rings is 1. The van der Waals surface area contributed by atoms with Crippen LogP contribution in [0.2, 0.25) is 0 Å². The summed E-state index contributed by atoms with van der Waals surface area (Å²) in [7, 11) is 0. The number of rotatable bonds is 5.